The van der Waals surface area contributed by atoms with Gasteiger partial charge in [0.2, 0.25) is 5.78 Å². The van der Waals surface area contributed by atoms with Gasteiger partial charge in [0, 0.05) is 11.5 Å². The number of fused-ring (bicyclic) bond motifs is 3. The Morgan fingerprint density at radius 3 is 2.23 bits per heavy atom. The van der Waals surface area contributed by atoms with Crippen LogP contribution in [0, 0.1) is 17.7 Å². The molecule has 0 bridgehead atoms. The SMILES string of the molecule is C[C@@H]1c2c(-c3ccc(F)cc3)ccc(O)c2C(O)=C2C(=O)[C@@]3(O)C(O)=C(C(N)=O)C(=O)[C@H](N(C)C)[C@H]3[C@H](O)[C@H]21. The molecule has 0 unspecified atom stereocenters. The van der Waals surface area contributed by atoms with Crippen molar-refractivity contribution in [1.82, 2.24) is 4.90 Å². The Labute approximate surface area is 222 Å². The van der Waals surface area contributed by atoms with Crippen molar-refractivity contribution in [3.63, 3.8) is 0 Å². The highest BCUT2D eigenvalue weighted by Gasteiger charge is 2.68. The van der Waals surface area contributed by atoms with E-state index in [0.717, 1.165) is 0 Å². The summed E-state index contributed by atoms with van der Waals surface area (Å²) in [6.45, 7) is 1.64. The number of aromatic hydroxyl groups is 1. The fourth-order valence-electron chi connectivity index (χ4n) is 6.58. The van der Waals surface area contributed by atoms with E-state index in [0.29, 0.717) is 16.7 Å². The maximum Gasteiger partial charge on any atom is 0.255 e. The second kappa shape index (κ2) is 8.73. The molecule has 10 nitrogen and oxygen atoms in total. The highest BCUT2D eigenvalue weighted by Crippen LogP contribution is 2.57. The highest BCUT2D eigenvalue weighted by atomic mass is 19.1. The summed E-state index contributed by atoms with van der Waals surface area (Å²) in [7, 11) is 2.88. The number of nitrogens with two attached hydrogens (primary N) is 1. The summed E-state index contributed by atoms with van der Waals surface area (Å²) in [5.41, 5.74) is 2.14. The van der Waals surface area contributed by atoms with Crippen LogP contribution in [0.25, 0.3) is 16.9 Å². The molecule has 204 valence electrons. The van der Waals surface area contributed by atoms with Gasteiger partial charge < -0.3 is 31.3 Å². The zero-order valence-electron chi connectivity index (χ0n) is 21.2. The third kappa shape index (κ3) is 3.40. The molecule has 3 aliphatic rings. The maximum absolute atomic E-state index is 14.0. The Kier molecular flexibility index (Phi) is 5.94. The summed E-state index contributed by atoms with van der Waals surface area (Å²) in [5, 5.41) is 56.6. The standard InChI is InChI=1S/C28H27FN2O8/c1-10-15-13(11-4-6-12(29)7-5-11)8-9-14(32)17(15)22(33)18-16(10)23(34)20-21(31(2)3)24(35)19(27(30)38)26(37)28(20,39)25(18)36/h4-10,16,20-21,23,32-34,37,39H,1-3H3,(H2,30,38)/t10-,16+,20+,21-,23-,28-/m1/s1. The number of nitrogens with zero attached hydrogens (tertiary/aromatic N) is 1. The van der Waals surface area contributed by atoms with Crippen molar-refractivity contribution in [3.8, 4) is 16.9 Å². The summed E-state index contributed by atoms with van der Waals surface area (Å²) in [5.74, 6) is -10.1. The van der Waals surface area contributed by atoms with Crippen LogP contribution in [0.2, 0.25) is 0 Å². The van der Waals surface area contributed by atoms with Gasteiger partial charge in [-0.2, -0.15) is 0 Å². The largest absolute Gasteiger partial charge is 0.508 e. The predicted molar refractivity (Wildman–Crippen MR) is 136 cm³/mol. The number of aliphatic hydroxyl groups is 4. The Balaban J connectivity index is 1.82. The van der Waals surface area contributed by atoms with Gasteiger partial charge >= 0.3 is 0 Å². The monoisotopic (exact) mass is 538 g/mol. The smallest absolute Gasteiger partial charge is 0.255 e. The van der Waals surface area contributed by atoms with Crippen molar-refractivity contribution in [1.29, 1.82) is 0 Å². The molecule has 3 aliphatic carbocycles. The number of amides is 1. The van der Waals surface area contributed by atoms with Gasteiger partial charge in [-0.25, -0.2) is 4.39 Å². The van der Waals surface area contributed by atoms with E-state index in [2.05, 4.69) is 0 Å². The molecule has 2 aromatic rings. The molecule has 11 heteroatoms. The van der Waals surface area contributed by atoms with E-state index in [1.807, 2.05) is 0 Å². The molecule has 39 heavy (non-hydrogen) atoms. The first-order valence-corrected chi connectivity index (χ1v) is 12.2. The lowest BCUT2D eigenvalue weighted by atomic mass is 9.54. The second-order valence-electron chi connectivity index (χ2n) is 10.5. The third-order valence-corrected chi connectivity index (χ3v) is 8.26. The number of ketones is 2. The fraction of sp³-hybridized carbons (Fsp3) is 0.321. The molecule has 5 rings (SSSR count). The van der Waals surface area contributed by atoms with Crippen LogP contribution >= 0.6 is 0 Å². The van der Waals surface area contributed by atoms with Gasteiger partial charge in [0.1, 0.15) is 28.7 Å². The third-order valence-electron chi connectivity index (χ3n) is 8.26. The molecule has 1 fully saturated rings. The summed E-state index contributed by atoms with van der Waals surface area (Å²) >= 11 is 0. The van der Waals surface area contributed by atoms with Crippen molar-refractivity contribution in [2.24, 2.45) is 17.6 Å². The first-order valence-electron chi connectivity index (χ1n) is 12.2. The van der Waals surface area contributed by atoms with Gasteiger partial charge in [-0.15, -0.1) is 0 Å². The first-order chi connectivity index (χ1) is 18.2. The van der Waals surface area contributed by atoms with E-state index in [4.69, 9.17) is 5.73 Å². The molecular formula is C28H27FN2O8. The fourth-order valence-corrected chi connectivity index (χ4v) is 6.58. The lowest BCUT2D eigenvalue weighted by Crippen LogP contribution is -2.70. The van der Waals surface area contributed by atoms with Gasteiger partial charge in [-0.1, -0.05) is 25.1 Å². The number of hydrogen-bond acceptors (Lipinski definition) is 9. The number of primary amides is 1. The van der Waals surface area contributed by atoms with E-state index in [1.54, 1.807) is 13.0 Å². The molecular weight excluding hydrogens is 511 g/mol. The Morgan fingerprint density at radius 2 is 1.67 bits per heavy atom. The summed E-state index contributed by atoms with van der Waals surface area (Å²) in [4.78, 5) is 40.7. The molecule has 0 heterocycles. The molecule has 0 aromatic heterocycles. The lowest BCUT2D eigenvalue weighted by Gasteiger charge is -2.53. The van der Waals surface area contributed by atoms with Crippen LogP contribution in [-0.4, -0.2) is 79.7 Å². The van der Waals surface area contributed by atoms with Gasteiger partial charge in [0.15, 0.2) is 11.4 Å². The van der Waals surface area contributed by atoms with Crippen molar-refractivity contribution >= 4 is 23.2 Å². The van der Waals surface area contributed by atoms with Crippen LogP contribution < -0.4 is 5.73 Å². The number of hydrogen-bond donors (Lipinski definition) is 6. The van der Waals surface area contributed by atoms with Crippen molar-refractivity contribution in [3.05, 3.63) is 70.2 Å². The predicted octanol–water partition coefficient (Wildman–Crippen LogP) is 1.30. The van der Waals surface area contributed by atoms with Crippen LogP contribution in [0.15, 0.2) is 53.3 Å². The van der Waals surface area contributed by atoms with Crippen LogP contribution in [0.3, 0.4) is 0 Å². The number of phenolic OH excluding ortho intramolecular Hbond substituents is 1. The molecule has 0 aliphatic heterocycles. The minimum Gasteiger partial charge on any atom is -0.508 e. The van der Waals surface area contributed by atoms with Gasteiger partial charge in [0.25, 0.3) is 5.91 Å². The van der Waals surface area contributed by atoms with Crippen LogP contribution in [-0.2, 0) is 14.4 Å². The van der Waals surface area contributed by atoms with Crippen molar-refractivity contribution in [2.75, 3.05) is 14.1 Å². The molecule has 1 saturated carbocycles. The number of carbonyl (C=O) groups is 3. The molecule has 2 aromatic carbocycles. The van der Waals surface area contributed by atoms with Gasteiger partial charge in [0.05, 0.1) is 23.6 Å². The number of Topliss-reactive ketones (excluding diaryl/α,β-unsaturated/α-hetero) is 2. The molecule has 7 N–H and O–H groups in total. The topological polar surface area (TPSA) is 182 Å². The minimum absolute atomic E-state index is 0.132. The quantitative estimate of drug-likeness (QED) is 0.314. The molecule has 6 atom stereocenters. The normalized spacial score (nSPS) is 30.3. The van der Waals surface area contributed by atoms with E-state index in [9.17, 15) is 44.3 Å². The van der Waals surface area contributed by atoms with E-state index in [1.165, 1.54) is 49.3 Å². The average Bonchev–Trinajstić information content (AvgIpc) is 2.86. The van der Waals surface area contributed by atoms with E-state index < -0.39 is 87.2 Å². The Morgan fingerprint density at radius 1 is 1.05 bits per heavy atom. The zero-order chi connectivity index (χ0) is 28.7. The molecule has 1 amide bonds. The summed E-state index contributed by atoms with van der Waals surface area (Å²) in [6, 6.07) is 6.89. The Hall–Kier alpha value is -4.06. The van der Waals surface area contributed by atoms with Crippen LogP contribution in [0.1, 0.15) is 24.0 Å². The number of carbonyl (C=O) groups excluding carboxylic acids is 3. The van der Waals surface area contributed by atoms with E-state index in [-0.39, 0.29) is 5.56 Å². The minimum atomic E-state index is -2.98. The van der Waals surface area contributed by atoms with Crippen molar-refractivity contribution in [2.45, 2.75) is 30.6 Å². The average molecular weight is 539 g/mol. The van der Waals surface area contributed by atoms with Crippen LogP contribution in [0.5, 0.6) is 5.75 Å². The van der Waals surface area contributed by atoms with Gasteiger partial charge in [-0.3, -0.25) is 19.3 Å². The molecule has 0 radical (unpaired) electrons. The number of benzene rings is 2. The lowest BCUT2D eigenvalue weighted by molar-refractivity contribution is -0.169. The van der Waals surface area contributed by atoms with Gasteiger partial charge in [-0.05, 0) is 54.9 Å². The highest BCUT2D eigenvalue weighted by molar-refractivity contribution is 6.24. The van der Waals surface area contributed by atoms with Crippen molar-refractivity contribution < 1.29 is 44.3 Å². The number of phenols is 1. The van der Waals surface area contributed by atoms with E-state index >= 15 is 0 Å². The summed E-state index contributed by atoms with van der Waals surface area (Å²) < 4.78 is 13.6. The number of rotatable bonds is 3. The molecule has 0 saturated heterocycles. The second-order valence-corrected chi connectivity index (χ2v) is 10.5. The Bertz CT molecular complexity index is 1510. The first kappa shape index (κ1) is 26.5. The number of aliphatic hydroxyl groups excluding tert-OH is 3. The summed E-state index contributed by atoms with van der Waals surface area (Å²) in [6.07, 6.45) is -1.70. The van der Waals surface area contributed by atoms with Crippen LogP contribution in [0.4, 0.5) is 4.39 Å². The number of halogens is 1. The maximum atomic E-state index is 14.0. The zero-order valence-corrected chi connectivity index (χ0v) is 21.2. The number of likely N-dealkylation sites (N-methyl/N-ethyl adjacent to an activating group) is 1. The molecule has 0 spiro atoms.